The van der Waals surface area contributed by atoms with Gasteiger partial charge in [0, 0.05) is 18.8 Å². The van der Waals surface area contributed by atoms with Crippen LogP contribution in [0.1, 0.15) is 52.4 Å². The monoisotopic (exact) mass is 450 g/mol. The molecule has 0 unspecified atom stereocenters. The SMILES string of the molecule is CCN(CC)S(=O)(=O)c1cccc(NC(=O)CN2C(=O)NC3(CCCCCC3)C2=O)c1. The molecule has 0 aromatic heterocycles. The third kappa shape index (κ3) is 4.74. The van der Waals surface area contributed by atoms with Crippen LogP contribution in [0.5, 0.6) is 0 Å². The predicted octanol–water partition coefficient (Wildman–Crippen LogP) is 2.30. The second kappa shape index (κ2) is 9.35. The van der Waals surface area contributed by atoms with E-state index in [2.05, 4.69) is 10.6 Å². The highest BCUT2D eigenvalue weighted by Crippen LogP contribution is 2.32. The van der Waals surface area contributed by atoms with Gasteiger partial charge in [-0.1, -0.05) is 45.6 Å². The molecule has 1 saturated carbocycles. The number of hydrogen-bond donors (Lipinski definition) is 2. The number of sulfonamides is 1. The van der Waals surface area contributed by atoms with Gasteiger partial charge in [0.25, 0.3) is 5.91 Å². The van der Waals surface area contributed by atoms with Gasteiger partial charge in [-0.2, -0.15) is 4.31 Å². The Kier molecular flexibility index (Phi) is 7.00. The van der Waals surface area contributed by atoms with E-state index in [1.807, 2.05) is 0 Å². The lowest BCUT2D eigenvalue weighted by atomic mass is 9.90. The first-order valence-electron chi connectivity index (χ1n) is 10.8. The second-order valence-corrected chi connectivity index (χ2v) is 9.92. The van der Waals surface area contributed by atoms with Crippen molar-refractivity contribution in [1.82, 2.24) is 14.5 Å². The zero-order valence-electron chi connectivity index (χ0n) is 18.0. The van der Waals surface area contributed by atoms with Crippen LogP contribution in [0, 0.1) is 0 Å². The molecule has 0 radical (unpaired) electrons. The maximum Gasteiger partial charge on any atom is 0.325 e. The largest absolute Gasteiger partial charge is 0.325 e. The standard InChI is InChI=1S/C21H30N4O5S/c1-3-24(4-2)31(29,30)17-11-9-10-16(14-17)22-18(26)15-25-19(27)21(23-20(25)28)12-7-5-6-8-13-21/h9-11,14H,3-8,12-13,15H2,1-2H3,(H,22,26)(H,23,28). The van der Waals surface area contributed by atoms with Crippen molar-refractivity contribution < 1.29 is 22.8 Å². The van der Waals surface area contributed by atoms with Crippen molar-refractivity contribution in [1.29, 1.82) is 0 Å². The molecule has 2 fully saturated rings. The van der Waals surface area contributed by atoms with Crippen LogP contribution in [0.15, 0.2) is 29.2 Å². The normalized spacial score (nSPS) is 18.9. The van der Waals surface area contributed by atoms with E-state index in [0.29, 0.717) is 25.9 Å². The fourth-order valence-electron chi connectivity index (χ4n) is 4.28. The zero-order valence-corrected chi connectivity index (χ0v) is 18.8. The molecular formula is C21H30N4O5S. The molecule has 1 saturated heterocycles. The van der Waals surface area contributed by atoms with Crippen LogP contribution in [0.2, 0.25) is 0 Å². The first-order chi connectivity index (χ1) is 14.7. The fourth-order valence-corrected chi connectivity index (χ4v) is 5.79. The van der Waals surface area contributed by atoms with Gasteiger partial charge in [0.15, 0.2) is 0 Å². The van der Waals surface area contributed by atoms with Crippen LogP contribution in [0.3, 0.4) is 0 Å². The lowest BCUT2D eigenvalue weighted by Gasteiger charge is -2.24. The van der Waals surface area contributed by atoms with Crippen molar-refractivity contribution in [2.24, 2.45) is 0 Å². The van der Waals surface area contributed by atoms with Crippen molar-refractivity contribution >= 4 is 33.6 Å². The summed E-state index contributed by atoms with van der Waals surface area (Å²) >= 11 is 0. The number of carbonyl (C=O) groups excluding carboxylic acids is 3. The predicted molar refractivity (Wildman–Crippen MR) is 116 cm³/mol. The van der Waals surface area contributed by atoms with E-state index in [4.69, 9.17) is 0 Å². The average Bonchev–Trinajstić information content (AvgIpc) is 2.89. The van der Waals surface area contributed by atoms with Crippen LogP contribution in [-0.4, -0.2) is 60.6 Å². The topological polar surface area (TPSA) is 116 Å². The molecule has 10 heteroatoms. The number of nitrogens with one attached hydrogen (secondary N) is 2. The summed E-state index contributed by atoms with van der Waals surface area (Å²) in [6.07, 6.45) is 4.94. The van der Waals surface area contributed by atoms with Gasteiger partial charge in [-0.25, -0.2) is 13.2 Å². The molecule has 2 N–H and O–H groups in total. The summed E-state index contributed by atoms with van der Waals surface area (Å²) < 4.78 is 26.7. The molecule has 4 amide bonds. The van der Waals surface area contributed by atoms with Crippen LogP contribution >= 0.6 is 0 Å². The summed E-state index contributed by atoms with van der Waals surface area (Å²) in [4.78, 5) is 38.9. The van der Waals surface area contributed by atoms with Gasteiger partial charge < -0.3 is 10.6 Å². The molecule has 9 nitrogen and oxygen atoms in total. The summed E-state index contributed by atoms with van der Waals surface area (Å²) in [5.41, 5.74) is -0.611. The Labute approximate surface area is 183 Å². The minimum atomic E-state index is -3.67. The molecule has 1 spiro atoms. The minimum Gasteiger partial charge on any atom is -0.324 e. The van der Waals surface area contributed by atoms with Gasteiger partial charge in [-0.05, 0) is 31.0 Å². The molecule has 2 aliphatic rings. The average molecular weight is 451 g/mol. The molecule has 1 aromatic carbocycles. The van der Waals surface area contributed by atoms with Crippen molar-refractivity contribution in [3.8, 4) is 0 Å². The van der Waals surface area contributed by atoms with Crippen LogP contribution in [0.25, 0.3) is 0 Å². The molecular weight excluding hydrogens is 420 g/mol. The molecule has 170 valence electrons. The Morgan fingerprint density at radius 3 is 2.39 bits per heavy atom. The van der Waals surface area contributed by atoms with E-state index >= 15 is 0 Å². The zero-order chi connectivity index (χ0) is 22.6. The number of benzene rings is 1. The van der Waals surface area contributed by atoms with Gasteiger partial charge in [0.2, 0.25) is 15.9 Å². The Hall–Kier alpha value is -2.46. The summed E-state index contributed by atoms with van der Waals surface area (Å²) in [5, 5.41) is 5.41. The highest BCUT2D eigenvalue weighted by atomic mass is 32.2. The van der Waals surface area contributed by atoms with Gasteiger partial charge in [0.05, 0.1) is 4.90 Å². The highest BCUT2D eigenvalue weighted by molar-refractivity contribution is 7.89. The van der Waals surface area contributed by atoms with Crippen LogP contribution < -0.4 is 10.6 Å². The number of nitrogens with zero attached hydrogens (tertiary/aromatic N) is 2. The number of carbonyl (C=O) groups is 3. The maximum atomic E-state index is 12.9. The number of hydrogen-bond acceptors (Lipinski definition) is 5. The summed E-state index contributed by atoms with van der Waals surface area (Å²) in [6.45, 7) is 3.77. The number of anilines is 1. The Bertz CT molecular complexity index is 950. The number of rotatable bonds is 7. The van der Waals surface area contributed by atoms with Crippen molar-refractivity contribution in [3.63, 3.8) is 0 Å². The molecule has 1 aliphatic carbocycles. The number of imide groups is 1. The number of urea groups is 1. The van der Waals surface area contributed by atoms with E-state index < -0.39 is 34.0 Å². The van der Waals surface area contributed by atoms with E-state index in [0.717, 1.165) is 30.6 Å². The first-order valence-corrected chi connectivity index (χ1v) is 12.2. The Morgan fingerprint density at radius 1 is 1.13 bits per heavy atom. The fraction of sp³-hybridized carbons (Fsp3) is 0.571. The molecule has 0 bridgehead atoms. The second-order valence-electron chi connectivity index (χ2n) is 7.98. The molecule has 0 atom stereocenters. The summed E-state index contributed by atoms with van der Waals surface area (Å²) in [7, 11) is -3.67. The maximum absolute atomic E-state index is 12.9. The lowest BCUT2D eigenvalue weighted by Crippen LogP contribution is -2.47. The third-order valence-corrected chi connectivity index (χ3v) is 8.01. The summed E-state index contributed by atoms with van der Waals surface area (Å²) in [5.74, 6) is -0.918. The van der Waals surface area contributed by atoms with Crippen molar-refractivity contribution in [2.45, 2.75) is 62.8 Å². The Balaban J connectivity index is 1.70. The van der Waals surface area contributed by atoms with Gasteiger partial charge in [0.1, 0.15) is 12.1 Å². The highest BCUT2D eigenvalue weighted by Gasteiger charge is 2.51. The van der Waals surface area contributed by atoms with E-state index in [9.17, 15) is 22.8 Å². The molecule has 1 aromatic rings. The molecule has 31 heavy (non-hydrogen) atoms. The first kappa shape index (κ1) is 23.2. The Morgan fingerprint density at radius 2 is 1.77 bits per heavy atom. The van der Waals surface area contributed by atoms with Crippen LogP contribution in [0.4, 0.5) is 10.5 Å². The van der Waals surface area contributed by atoms with Crippen molar-refractivity contribution in [2.75, 3.05) is 25.0 Å². The number of amides is 4. The van der Waals surface area contributed by atoms with Gasteiger partial charge >= 0.3 is 6.03 Å². The summed E-state index contributed by atoms with van der Waals surface area (Å²) in [6, 6.07) is 5.40. The van der Waals surface area contributed by atoms with Crippen LogP contribution in [-0.2, 0) is 19.6 Å². The van der Waals surface area contributed by atoms with E-state index in [1.54, 1.807) is 26.0 Å². The quantitative estimate of drug-likeness (QED) is 0.619. The van der Waals surface area contributed by atoms with E-state index in [1.165, 1.54) is 16.4 Å². The minimum absolute atomic E-state index is 0.0707. The molecule has 1 heterocycles. The molecule has 3 rings (SSSR count). The van der Waals surface area contributed by atoms with E-state index in [-0.39, 0.29) is 16.5 Å². The lowest BCUT2D eigenvalue weighted by molar-refractivity contribution is -0.134. The molecule has 1 aliphatic heterocycles. The van der Waals surface area contributed by atoms with Gasteiger partial charge in [-0.3, -0.25) is 14.5 Å². The smallest absolute Gasteiger partial charge is 0.324 e. The van der Waals surface area contributed by atoms with Gasteiger partial charge in [-0.15, -0.1) is 0 Å². The van der Waals surface area contributed by atoms with Crippen molar-refractivity contribution in [3.05, 3.63) is 24.3 Å². The third-order valence-electron chi connectivity index (χ3n) is 5.97.